The number of hydrogen-bond donors (Lipinski definition) is 2. The molecule has 2 aromatic carbocycles. The quantitative estimate of drug-likeness (QED) is 0.768. The molecular weight excluding hydrogens is 322 g/mol. The first-order valence-corrected chi connectivity index (χ1v) is 8.62. The molecule has 0 atom stereocenters. The number of carbonyl (C=O) groups is 1. The highest BCUT2D eigenvalue weighted by Crippen LogP contribution is 2.33. The molecule has 0 saturated carbocycles. The van der Waals surface area contributed by atoms with E-state index >= 15 is 0 Å². The highest BCUT2D eigenvalue weighted by molar-refractivity contribution is 7.22. The number of aromatic hydroxyl groups is 1. The van der Waals surface area contributed by atoms with Crippen LogP contribution in [-0.2, 0) is 4.79 Å². The molecule has 0 radical (unpaired) electrons. The molecule has 0 unspecified atom stereocenters. The fourth-order valence-electron chi connectivity index (χ4n) is 2.78. The van der Waals surface area contributed by atoms with Gasteiger partial charge in [-0.05, 0) is 36.8 Å². The number of phenols is 1. The van der Waals surface area contributed by atoms with E-state index in [1.807, 2.05) is 6.07 Å². The fourth-order valence-corrected chi connectivity index (χ4v) is 3.87. The van der Waals surface area contributed by atoms with E-state index in [2.05, 4.69) is 34.3 Å². The molecule has 1 fully saturated rings. The molecule has 1 aliphatic heterocycles. The smallest absolute Gasteiger partial charge is 0.231 e. The maximum atomic E-state index is 12.3. The Morgan fingerprint density at radius 1 is 1.29 bits per heavy atom. The lowest BCUT2D eigenvalue weighted by Gasteiger charge is -2.37. The molecule has 0 bridgehead atoms. The van der Waals surface area contributed by atoms with Gasteiger partial charge in [-0.15, -0.1) is 0 Å². The summed E-state index contributed by atoms with van der Waals surface area (Å²) in [4.78, 5) is 19.0. The minimum atomic E-state index is -0.0545. The molecule has 1 aromatic heterocycles. The van der Waals surface area contributed by atoms with Gasteiger partial charge in [-0.2, -0.15) is 0 Å². The zero-order valence-electron chi connectivity index (χ0n) is 13.2. The van der Waals surface area contributed by atoms with Crippen LogP contribution in [0.15, 0.2) is 42.5 Å². The maximum Gasteiger partial charge on any atom is 0.231 e. The van der Waals surface area contributed by atoms with Crippen LogP contribution in [0.25, 0.3) is 10.2 Å². The van der Waals surface area contributed by atoms with Gasteiger partial charge in [-0.3, -0.25) is 4.79 Å². The Hall–Kier alpha value is -2.60. The number of nitrogens with one attached hydrogen (secondary N) is 1. The van der Waals surface area contributed by atoms with E-state index in [-0.39, 0.29) is 17.6 Å². The third-order valence-electron chi connectivity index (χ3n) is 4.17. The topological polar surface area (TPSA) is 65.5 Å². The van der Waals surface area contributed by atoms with E-state index < -0.39 is 0 Å². The number of nitrogens with zero attached hydrogens (tertiary/aromatic N) is 2. The number of aryl methyl sites for hydroxylation is 1. The van der Waals surface area contributed by atoms with Crippen molar-refractivity contribution in [2.75, 3.05) is 23.3 Å². The van der Waals surface area contributed by atoms with Crippen molar-refractivity contribution in [3.8, 4) is 5.75 Å². The average Bonchev–Trinajstić information content (AvgIpc) is 2.88. The lowest BCUT2D eigenvalue weighted by atomic mass is 10.00. The molecule has 1 saturated heterocycles. The third-order valence-corrected chi connectivity index (χ3v) is 5.25. The van der Waals surface area contributed by atoms with Gasteiger partial charge in [0.1, 0.15) is 5.75 Å². The summed E-state index contributed by atoms with van der Waals surface area (Å²) >= 11 is 1.67. The van der Waals surface area contributed by atoms with Gasteiger partial charge in [0.2, 0.25) is 5.91 Å². The second-order valence-electron chi connectivity index (χ2n) is 6.11. The summed E-state index contributed by atoms with van der Waals surface area (Å²) < 4.78 is 1.18. The summed E-state index contributed by atoms with van der Waals surface area (Å²) in [6, 6.07) is 12.8. The summed E-state index contributed by atoms with van der Waals surface area (Å²) in [6.07, 6.45) is 0. The Bertz CT molecular complexity index is 916. The Kier molecular flexibility index (Phi) is 3.61. The first-order valence-electron chi connectivity index (χ1n) is 7.80. The van der Waals surface area contributed by atoms with Crippen molar-refractivity contribution in [2.45, 2.75) is 6.92 Å². The van der Waals surface area contributed by atoms with Crippen LogP contribution >= 0.6 is 11.3 Å². The normalized spacial score (nSPS) is 14.6. The van der Waals surface area contributed by atoms with Gasteiger partial charge in [0.25, 0.3) is 0 Å². The molecule has 1 amide bonds. The number of amides is 1. The van der Waals surface area contributed by atoms with Gasteiger partial charge >= 0.3 is 0 Å². The molecule has 4 rings (SSSR count). The number of thiazole rings is 1. The highest BCUT2D eigenvalue weighted by atomic mass is 32.1. The predicted octanol–water partition coefficient (Wildman–Crippen LogP) is 3.39. The second kappa shape index (κ2) is 5.79. The highest BCUT2D eigenvalue weighted by Gasteiger charge is 2.34. The van der Waals surface area contributed by atoms with Gasteiger partial charge in [-0.25, -0.2) is 4.98 Å². The Morgan fingerprint density at radius 3 is 2.92 bits per heavy atom. The number of anilines is 2. The first kappa shape index (κ1) is 15.0. The van der Waals surface area contributed by atoms with Crippen LogP contribution in [0.3, 0.4) is 0 Å². The Morgan fingerprint density at radius 2 is 2.12 bits per heavy atom. The van der Waals surface area contributed by atoms with E-state index in [0.29, 0.717) is 18.8 Å². The first-order chi connectivity index (χ1) is 11.6. The summed E-state index contributed by atoms with van der Waals surface area (Å²) in [6.45, 7) is 3.41. The summed E-state index contributed by atoms with van der Waals surface area (Å²) in [5, 5.41) is 13.3. The molecule has 6 heteroatoms. The molecule has 3 aromatic rings. The van der Waals surface area contributed by atoms with Crippen LogP contribution in [-0.4, -0.2) is 29.1 Å². The molecule has 2 N–H and O–H groups in total. The van der Waals surface area contributed by atoms with E-state index in [1.54, 1.807) is 35.6 Å². The Labute approximate surface area is 143 Å². The number of hydrogen-bond acceptors (Lipinski definition) is 5. The average molecular weight is 339 g/mol. The van der Waals surface area contributed by atoms with Gasteiger partial charge in [0.15, 0.2) is 5.13 Å². The second-order valence-corrected chi connectivity index (χ2v) is 7.12. The van der Waals surface area contributed by atoms with E-state index in [4.69, 9.17) is 0 Å². The summed E-state index contributed by atoms with van der Waals surface area (Å²) in [5.74, 6) is 0.0720. The molecule has 24 heavy (non-hydrogen) atoms. The minimum Gasteiger partial charge on any atom is -0.508 e. The molecule has 0 aliphatic carbocycles. The molecule has 5 nitrogen and oxygen atoms in total. The van der Waals surface area contributed by atoms with Crippen LogP contribution in [0.2, 0.25) is 0 Å². The SMILES string of the molecule is Cc1ccc2nc(N3CC(C(=O)Nc4cccc(O)c4)C3)sc2c1. The van der Waals surface area contributed by atoms with Crippen molar-refractivity contribution < 1.29 is 9.90 Å². The lowest BCUT2D eigenvalue weighted by Crippen LogP contribution is -2.52. The van der Waals surface area contributed by atoms with Crippen molar-refractivity contribution in [3.63, 3.8) is 0 Å². The van der Waals surface area contributed by atoms with Crippen molar-refractivity contribution in [3.05, 3.63) is 48.0 Å². The van der Waals surface area contributed by atoms with Crippen LogP contribution in [0.5, 0.6) is 5.75 Å². The molecular formula is C18H17N3O2S. The standard InChI is InChI=1S/C18H17N3O2S/c1-11-5-6-15-16(7-11)24-18(20-15)21-9-12(10-21)17(23)19-13-3-2-4-14(22)8-13/h2-8,12,22H,9-10H2,1H3,(H,19,23). The minimum absolute atomic E-state index is 0.0196. The van der Waals surface area contributed by atoms with Gasteiger partial charge < -0.3 is 15.3 Å². The van der Waals surface area contributed by atoms with E-state index in [0.717, 1.165) is 10.6 Å². The number of fused-ring (bicyclic) bond motifs is 1. The molecule has 0 spiro atoms. The number of benzene rings is 2. The summed E-state index contributed by atoms with van der Waals surface area (Å²) in [7, 11) is 0. The monoisotopic (exact) mass is 339 g/mol. The summed E-state index contributed by atoms with van der Waals surface area (Å²) in [5.41, 5.74) is 2.85. The van der Waals surface area contributed by atoms with Crippen LogP contribution < -0.4 is 10.2 Å². The molecule has 122 valence electrons. The number of phenolic OH excluding ortho intramolecular Hbond substituents is 1. The van der Waals surface area contributed by atoms with Crippen LogP contribution in [0.4, 0.5) is 10.8 Å². The van der Waals surface area contributed by atoms with Gasteiger partial charge in [-0.1, -0.05) is 23.5 Å². The Balaban J connectivity index is 1.40. The zero-order chi connectivity index (χ0) is 16.7. The predicted molar refractivity (Wildman–Crippen MR) is 96.8 cm³/mol. The van der Waals surface area contributed by atoms with Crippen molar-refractivity contribution >= 4 is 38.3 Å². The number of carbonyl (C=O) groups excluding carboxylic acids is 1. The maximum absolute atomic E-state index is 12.3. The van der Waals surface area contributed by atoms with E-state index in [1.165, 1.54) is 10.3 Å². The third kappa shape index (κ3) is 2.80. The lowest BCUT2D eigenvalue weighted by molar-refractivity contribution is -0.120. The van der Waals surface area contributed by atoms with Crippen molar-refractivity contribution in [1.82, 2.24) is 4.98 Å². The van der Waals surface area contributed by atoms with Gasteiger partial charge in [0.05, 0.1) is 16.1 Å². The van der Waals surface area contributed by atoms with Crippen LogP contribution in [0.1, 0.15) is 5.56 Å². The van der Waals surface area contributed by atoms with Crippen LogP contribution in [0, 0.1) is 12.8 Å². The largest absolute Gasteiger partial charge is 0.508 e. The van der Waals surface area contributed by atoms with Crippen molar-refractivity contribution in [2.24, 2.45) is 5.92 Å². The van der Waals surface area contributed by atoms with E-state index in [9.17, 15) is 9.90 Å². The zero-order valence-corrected chi connectivity index (χ0v) is 14.0. The number of aromatic nitrogens is 1. The fraction of sp³-hybridized carbons (Fsp3) is 0.222. The van der Waals surface area contributed by atoms with Gasteiger partial charge in [0, 0.05) is 24.8 Å². The number of rotatable bonds is 3. The molecule has 2 heterocycles. The van der Waals surface area contributed by atoms with Crippen molar-refractivity contribution in [1.29, 1.82) is 0 Å². The molecule has 1 aliphatic rings.